The van der Waals surface area contributed by atoms with Gasteiger partial charge < -0.3 is 34.4 Å². The van der Waals surface area contributed by atoms with Crippen LogP contribution in [0.25, 0.3) is 0 Å². The number of hydrogen-bond donors (Lipinski definition) is 3. The maximum atomic E-state index is 8.73. The zero-order valence-corrected chi connectivity index (χ0v) is 15.0. The fourth-order valence-electron chi connectivity index (χ4n) is 2.12. The number of nitrogens with zero attached hydrogens (tertiary/aromatic N) is 1. The highest BCUT2D eigenvalue weighted by Gasteiger charge is 2.05. The molecule has 24 heavy (non-hydrogen) atoms. The van der Waals surface area contributed by atoms with E-state index in [-0.39, 0.29) is 19.8 Å². The van der Waals surface area contributed by atoms with E-state index in [1.165, 1.54) is 0 Å². The highest BCUT2D eigenvalue weighted by atomic mass is 16.5. The minimum Gasteiger partial charge on any atom is -0.396 e. The number of aliphatic hydroxyl groups excluding tert-OH is 3. The van der Waals surface area contributed by atoms with Gasteiger partial charge in [-0.15, -0.1) is 0 Å². The van der Waals surface area contributed by atoms with Crippen molar-refractivity contribution in [2.45, 2.75) is 32.1 Å². The molecule has 146 valence electrons. The molecule has 0 fully saturated rings. The summed E-state index contributed by atoms with van der Waals surface area (Å²) < 4.78 is 16.4. The molecule has 7 heteroatoms. The third-order valence-electron chi connectivity index (χ3n) is 3.42. The Morgan fingerprint density at radius 3 is 1.25 bits per heavy atom. The Morgan fingerprint density at radius 2 is 0.833 bits per heavy atom. The van der Waals surface area contributed by atoms with Gasteiger partial charge in [-0.2, -0.15) is 0 Å². The molecule has 0 aliphatic heterocycles. The van der Waals surface area contributed by atoms with E-state index < -0.39 is 0 Å². The Labute approximate surface area is 146 Å². The normalized spacial score (nSPS) is 11.5. The van der Waals surface area contributed by atoms with Crippen molar-refractivity contribution in [1.29, 1.82) is 0 Å². The van der Waals surface area contributed by atoms with Gasteiger partial charge in [-0.3, -0.25) is 0 Å². The van der Waals surface area contributed by atoms with E-state index in [2.05, 4.69) is 4.90 Å². The molecule has 0 saturated carbocycles. The Morgan fingerprint density at radius 1 is 0.458 bits per heavy atom. The summed E-state index contributed by atoms with van der Waals surface area (Å²) in [5.41, 5.74) is 0. The van der Waals surface area contributed by atoms with Crippen molar-refractivity contribution in [2.75, 3.05) is 79.1 Å². The summed E-state index contributed by atoms with van der Waals surface area (Å²) in [4.78, 5) is 2.34. The summed E-state index contributed by atoms with van der Waals surface area (Å²) in [5.74, 6) is 0. The van der Waals surface area contributed by atoms with Crippen LogP contribution in [0.3, 0.4) is 0 Å². The molecule has 0 amide bonds. The summed E-state index contributed by atoms with van der Waals surface area (Å²) in [6.45, 7) is 7.15. The number of hydrogen-bond acceptors (Lipinski definition) is 7. The second kappa shape index (κ2) is 20.8. The first-order valence-corrected chi connectivity index (χ1v) is 9.13. The van der Waals surface area contributed by atoms with E-state index in [9.17, 15) is 0 Å². The Kier molecular flexibility index (Phi) is 20.5. The molecule has 3 N–H and O–H groups in total. The average Bonchev–Trinajstić information content (AvgIpc) is 2.60. The Hall–Kier alpha value is -0.280. The van der Waals surface area contributed by atoms with Gasteiger partial charge in [0.25, 0.3) is 0 Å². The molecule has 0 bridgehead atoms. The van der Waals surface area contributed by atoms with Crippen molar-refractivity contribution < 1.29 is 29.5 Å². The second-order valence-corrected chi connectivity index (χ2v) is 5.62. The number of aliphatic hydroxyl groups is 3. The quantitative estimate of drug-likeness (QED) is 0.271. The Balaban J connectivity index is 3.74. The molecular formula is C17H37NO6. The van der Waals surface area contributed by atoms with Crippen LogP contribution in [0.15, 0.2) is 0 Å². The molecule has 0 heterocycles. The van der Waals surface area contributed by atoms with Crippen molar-refractivity contribution in [3.8, 4) is 0 Å². The van der Waals surface area contributed by atoms with Crippen molar-refractivity contribution in [3.63, 3.8) is 0 Å². The van der Waals surface area contributed by atoms with E-state index in [0.29, 0.717) is 58.9 Å². The Bertz CT molecular complexity index is 217. The summed E-state index contributed by atoms with van der Waals surface area (Å²) in [5, 5.41) is 26.1. The van der Waals surface area contributed by atoms with Crippen LogP contribution in [-0.2, 0) is 14.2 Å². The van der Waals surface area contributed by atoms with Gasteiger partial charge in [0, 0.05) is 72.5 Å². The van der Waals surface area contributed by atoms with Crippen LogP contribution in [0.1, 0.15) is 32.1 Å². The molecule has 0 aromatic rings. The molecule has 0 saturated heterocycles. The zero-order valence-electron chi connectivity index (χ0n) is 15.0. The van der Waals surface area contributed by atoms with E-state index >= 15 is 0 Å². The number of rotatable bonds is 20. The summed E-state index contributed by atoms with van der Waals surface area (Å²) >= 11 is 0. The van der Waals surface area contributed by atoms with Gasteiger partial charge in [0.1, 0.15) is 0 Å². The van der Waals surface area contributed by atoms with Crippen LogP contribution in [0.5, 0.6) is 0 Å². The molecule has 0 aromatic heterocycles. The van der Waals surface area contributed by atoms with Gasteiger partial charge >= 0.3 is 0 Å². The first-order chi connectivity index (χ1) is 11.8. The number of ether oxygens (including phenoxy) is 3. The van der Waals surface area contributed by atoms with Gasteiger partial charge in [-0.25, -0.2) is 0 Å². The average molecular weight is 351 g/mol. The van der Waals surface area contributed by atoms with Gasteiger partial charge in [0.15, 0.2) is 0 Å². The molecule has 0 unspecified atom stereocenters. The second-order valence-electron chi connectivity index (χ2n) is 5.62. The molecule has 0 aliphatic rings. The van der Waals surface area contributed by atoms with Crippen molar-refractivity contribution in [2.24, 2.45) is 0 Å². The van der Waals surface area contributed by atoms with Crippen molar-refractivity contribution in [1.82, 2.24) is 4.90 Å². The maximum absolute atomic E-state index is 8.73. The lowest BCUT2D eigenvalue weighted by Crippen LogP contribution is -2.31. The molecule has 0 aliphatic carbocycles. The van der Waals surface area contributed by atoms with Crippen LogP contribution >= 0.6 is 0 Å². The summed E-state index contributed by atoms with van der Waals surface area (Å²) in [6, 6.07) is 0. The topological polar surface area (TPSA) is 91.6 Å². The van der Waals surface area contributed by atoms with Crippen LogP contribution in [0.2, 0.25) is 0 Å². The predicted octanol–water partition coefficient (Wildman–Crippen LogP) is 0.266. The van der Waals surface area contributed by atoms with Crippen molar-refractivity contribution in [3.05, 3.63) is 0 Å². The predicted molar refractivity (Wildman–Crippen MR) is 93.2 cm³/mol. The molecule has 0 spiro atoms. The third-order valence-corrected chi connectivity index (χ3v) is 3.42. The first-order valence-electron chi connectivity index (χ1n) is 9.13. The fourth-order valence-corrected chi connectivity index (χ4v) is 2.12. The smallest absolute Gasteiger partial charge is 0.0593 e. The lowest BCUT2D eigenvalue weighted by Gasteiger charge is -2.22. The molecule has 0 rings (SSSR count). The molecule has 0 atom stereocenters. The monoisotopic (exact) mass is 351 g/mol. The lowest BCUT2D eigenvalue weighted by atomic mass is 10.3. The van der Waals surface area contributed by atoms with Gasteiger partial charge in [0.05, 0.1) is 6.61 Å². The minimum atomic E-state index is 0.167. The highest BCUT2D eigenvalue weighted by Crippen LogP contribution is 1.98. The van der Waals surface area contributed by atoms with Crippen LogP contribution in [0.4, 0.5) is 0 Å². The van der Waals surface area contributed by atoms with E-state index in [4.69, 9.17) is 29.5 Å². The van der Waals surface area contributed by atoms with Crippen molar-refractivity contribution >= 4 is 0 Å². The molecule has 0 aromatic carbocycles. The first kappa shape index (κ1) is 23.7. The minimum absolute atomic E-state index is 0.167. The highest BCUT2D eigenvalue weighted by molar-refractivity contribution is 4.58. The van der Waals surface area contributed by atoms with E-state index in [1.807, 2.05) is 0 Å². The standard InChI is InChI=1S/C17H37NO6/c19-9-3-14-22-12-1-6-18(8-17-24-16-5-11-21)7-2-13-23-15-4-10-20/h19-21H,1-17H2. The fraction of sp³-hybridized carbons (Fsp3) is 1.00. The molecular weight excluding hydrogens is 314 g/mol. The zero-order chi connectivity index (χ0) is 17.7. The lowest BCUT2D eigenvalue weighted by molar-refractivity contribution is 0.0720. The van der Waals surface area contributed by atoms with Gasteiger partial charge in [-0.05, 0) is 32.1 Å². The summed E-state index contributed by atoms with van der Waals surface area (Å²) in [6.07, 6.45) is 3.96. The maximum Gasteiger partial charge on any atom is 0.0593 e. The van der Waals surface area contributed by atoms with Crippen LogP contribution in [-0.4, -0.2) is 99.3 Å². The van der Waals surface area contributed by atoms with Gasteiger partial charge in [-0.1, -0.05) is 0 Å². The molecule has 0 radical (unpaired) electrons. The summed E-state index contributed by atoms with van der Waals surface area (Å²) in [7, 11) is 0. The third kappa shape index (κ3) is 18.1. The molecule has 7 nitrogen and oxygen atoms in total. The van der Waals surface area contributed by atoms with Crippen LogP contribution < -0.4 is 0 Å². The van der Waals surface area contributed by atoms with E-state index in [1.54, 1.807) is 0 Å². The van der Waals surface area contributed by atoms with Crippen LogP contribution in [0, 0.1) is 0 Å². The van der Waals surface area contributed by atoms with Gasteiger partial charge in [0.2, 0.25) is 0 Å². The SMILES string of the molecule is OCCCOCCCN(CCCOCCCO)CCOCCCO. The van der Waals surface area contributed by atoms with E-state index in [0.717, 1.165) is 32.5 Å². The largest absolute Gasteiger partial charge is 0.396 e.